The number of hydrogen-bond acceptors (Lipinski definition) is 3. The van der Waals surface area contributed by atoms with Gasteiger partial charge in [0.2, 0.25) is 0 Å². The van der Waals surface area contributed by atoms with Crippen molar-refractivity contribution in [2.75, 3.05) is 26.7 Å². The molecule has 1 atom stereocenters. The Kier molecular flexibility index (Phi) is 4.23. The van der Waals surface area contributed by atoms with Gasteiger partial charge in [0.15, 0.2) is 0 Å². The van der Waals surface area contributed by atoms with Gasteiger partial charge in [0.25, 0.3) is 0 Å². The molecule has 3 nitrogen and oxygen atoms in total. The molecule has 1 aromatic carbocycles. The zero-order valence-corrected chi connectivity index (χ0v) is 13.4. The molecule has 0 aromatic heterocycles. The fourth-order valence-electron chi connectivity index (χ4n) is 3.79. The summed E-state index contributed by atoms with van der Waals surface area (Å²) in [4.78, 5) is 2.66. The van der Waals surface area contributed by atoms with E-state index in [4.69, 9.17) is 10.5 Å². The molecule has 1 fully saturated rings. The maximum absolute atomic E-state index is 6.27. The third-order valence-corrected chi connectivity index (χ3v) is 5.40. The molecular weight excluding hydrogens is 260 g/mol. The van der Waals surface area contributed by atoms with E-state index in [9.17, 15) is 0 Å². The van der Waals surface area contributed by atoms with Crippen molar-refractivity contribution in [1.82, 2.24) is 4.90 Å². The summed E-state index contributed by atoms with van der Waals surface area (Å²) < 4.78 is 5.40. The number of likely N-dealkylation sites (N-methyl/N-ethyl adjacent to an activating group) is 1. The zero-order valence-electron chi connectivity index (χ0n) is 13.4. The average Bonchev–Trinajstić information content (AvgIpc) is 3.35. The molecule has 0 heterocycles. The first-order valence-corrected chi connectivity index (χ1v) is 8.31. The molecule has 1 aromatic rings. The number of benzene rings is 1. The number of nitrogens with two attached hydrogens (primary N) is 1. The van der Waals surface area contributed by atoms with Gasteiger partial charge in [0.1, 0.15) is 5.75 Å². The first-order valence-electron chi connectivity index (χ1n) is 8.31. The molecule has 116 valence electrons. The van der Waals surface area contributed by atoms with Crippen LogP contribution in [0.1, 0.15) is 37.3 Å². The molecule has 2 aliphatic rings. The standard InChI is InChI=1S/C18H28N2O/c1-3-20(12-14-4-5-14)18(13-19)9-8-15-6-7-17(21-2)10-16(15)11-18/h6-7,10,14H,3-5,8-9,11-13,19H2,1-2H3. The van der Waals surface area contributed by atoms with E-state index in [0.717, 1.165) is 37.6 Å². The van der Waals surface area contributed by atoms with E-state index in [1.54, 1.807) is 7.11 Å². The Bertz CT molecular complexity index is 498. The monoisotopic (exact) mass is 288 g/mol. The highest BCUT2D eigenvalue weighted by molar-refractivity contribution is 5.39. The van der Waals surface area contributed by atoms with Crippen LogP contribution >= 0.6 is 0 Å². The maximum atomic E-state index is 6.27. The quantitative estimate of drug-likeness (QED) is 0.874. The van der Waals surface area contributed by atoms with E-state index >= 15 is 0 Å². The second-order valence-corrected chi connectivity index (χ2v) is 6.72. The smallest absolute Gasteiger partial charge is 0.119 e. The van der Waals surface area contributed by atoms with Gasteiger partial charge in [-0.3, -0.25) is 4.90 Å². The molecule has 3 rings (SSSR count). The highest BCUT2D eigenvalue weighted by Crippen LogP contribution is 2.38. The molecule has 21 heavy (non-hydrogen) atoms. The highest BCUT2D eigenvalue weighted by Gasteiger charge is 2.40. The molecule has 3 heteroatoms. The Morgan fingerprint density at radius 1 is 1.33 bits per heavy atom. The lowest BCUT2D eigenvalue weighted by Gasteiger charge is -2.46. The predicted octanol–water partition coefficient (Wildman–Crippen LogP) is 2.61. The van der Waals surface area contributed by atoms with Gasteiger partial charge in [0, 0.05) is 18.6 Å². The molecule has 0 bridgehead atoms. The fraction of sp³-hybridized carbons (Fsp3) is 0.667. The molecule has 0 amide bonds. The first kappa shape index (κ1) is 14.9. The lowest BCUT2D eigenvalue weighted by Crippen LogP contribution is -2.57. The van der Waals surface area contributed by atoms with Crippen LogP contribution in [0.15, 0.2) is 18.2 Å². The lowest BCUT2D eigenvalue weighted by atomic mass is 9.76. The summed E-state index contributed by atoms with van der Waals surface area (Å²) in [6, 6.07) is 6.52. The lowest BCUT2D eigenvalue weighted by molar-refractivity contribution is 0.0796. The van der Waals surface area contributed by atoms with Crippen LogP contribution in [0.3, 0.4) is 0 Å². The molecule has 0 aliphatic heterocycles. The van der Waals surface area contributed by atoms with E-state index in [-0.39, 0.29) is 5.54 Å². The number of nitrogens with zero attached hydrogens (tertiary/aromatic N) is 1. The minimum atomic E-state index is 0.150. The summed E-state index contributed by atoms with van der Waals surface area (Å²) in [6.45, 7) is 5.37. The fourth-order valence-corrected chi connectivity index (χ4v) is 3.79. The summed E-state index contributed by atoms with van der Waals surface area (Å²) in [7, 11) is 1.74. The van der Waals surface area contributed by atoms with Crippen molar-refractivity contribution in [2.45, 2.75) is 44.6 Å². The van der Waals surface area contributed by atoms with Crippen molar-refractivity contribution in [3.8, 4) is 5.75 Å². The molecule has 2 N–H and O–H groups in total. The van der Waals surface area contributed by atoms with Gasteiger partial charge in [0.05, 0.1) is 7.11 Å². The summed E-state index contributed by atoms with van der Waals surface area (Å²) >= 11 is 0. The minimum absolute atomic E-state index is 0.150. The van der Waals surface area contributed by atoms with Crippen LogP contribution in [0.4, 0.5) is 0 Å². The normalized spacial score (nSPS) is 25.0. The summed E-state index contributed by atoms with van der Waals surface area (Å²) in [6.07, 6.45) is 6.20. The highest BCUT2D eigenvalue weighted by atomic mass is 16.5. The SMILES string of the molecule is CCN(CC1CC1)C1(CN)CCc2ccc(OC)cc2C1. The topological polar surface area (TPSA) is 38.5 Å². The summed E-state index contributed by atoms with van der Waals surface area (Å²) in [5.74, 6) is 1.88. The largest absolute Gasteiger partial charge is 0.497 e. The van der Waals surface area contributed by atoms with Crippen LogP contribution in [-0.4, -0.2) is 37.2 Å². The van der Waals surface area contributed by atoms with Crippen molar-refractivity contribution in [1.29, 1.82) is 0 Å². The van der Waals surface area contributed by atoms with E-state index in [2.05, 4.69) is 30.0 Å². The van der Waals surface area contributed by atoms with E-state index < -0.39 is 0 Å². The maximum Gasteiger partial charge on any atom is 0.119 e. The summed E-state index contributed by atoms with van der Waals surface area (Å²) in [5, 5.41) is 0. The zero-order chi connectivity index (χ0) is 14.9. The number of hydrogen-bond donors (Lipinski definition) is 1. The van der Waals surface area contributed by atoms with Gasteiger partial charge < -0.3 is 10.5 Å². The number of methoxy groups -OCH3 is 1. The van der Waals surface area contributed by atoms with Gasteiger partial charge in [-0.2, -0.15) is 0 Å². The van der Waals surface area contributed by atoms with E-state index in [1.807, 2.05) is 0 Å². The Morgan fingerprint density at radius 3 is 2.76 bits per heavy atom. The van der Waals surface area contributed by atoms with Crippen molar-refractivity contribution < 1.29 is 4.74 Å². The van der Waals surface area contributed by atoms with Crippen molar-refractivity contribution in [3.63, 3.8) is 0 Å². The van der Waals surface area contributed by atoms with Gasteiger partial charge in [-0.05, 0) is 67.8 Å². The van der Waals surface area contributed by atoms with Crippen LogP contribution in [0, 0.1) is 5.92 Å². The van der Waals surface area contributed by atoms with Crippen LogP contribution in [0.5, 0.6) is 5.75 Å². The summed E-state index contributed by atoms with van der Waals surface area (Å²) in [5.41, 5.74) is 9.32. The average molecular weight is 288 g/mol. The van der Waals surface area contributed by atoms with Crippen molar-refractivity contribution in [2.24, 2.45) is 11.7 Å². The molecule has 2 aliphatic carbocycles. The van der Waals surface area contributed by atoms with Crippen molar-refractivity contribution in [3.05, 3.63) is 29.3 Å². The number of aryl methyl sites for hydroxylation is 1. The Hall–Kier alpha value is -1.06. The van der Waals surface area contributed by atoms with Crippen LogP contribution in [0.25, 0.3) is 0 Å². The first-order chi connectivity index (χ1) is 10.2. The van der Waals surface area contributed by atoms with Gasteiger partial charge in [-0.25, -0.2) is 0 Å². The number of ether oxygens (including phenoxy) is 1. The number of fused-ring (bicyclic) bond motifs is 1. The predicted molar refractivity (Wildman–Crippen MR) is 86.8 cm³/mol. The second-order valence-electron chi connectivity index (χ2n) is 6.72. The Morgan fingerprint density at radius 2 is 2.14 bits per heavy atom. The third-order valence-electron chi connectivity index (χ3n) is 5.40. The third kappa shape index (κ3) is 2.95. The molecule has 0 spiro atoms. The molecule has 1 saturated carbocycles. The van der Waals surface area contributed by atoms with E-state index in [0.29, 0.717) is 0 Å². The van der Waals surface area contributed by atoms with Gasteiger partial charge in [-0.1, -0.05) is 13.0 Å². The van der Waals surface area contributed by atoms with Crippen LogP contribution in [0.2, 0.25) is 0 Å². The molecule has 0 radical (unpaired) electrons. The van der Waals surface area contributed by atoms with Crippen LogP contribution < -0.4 is 10.5 Å². The number of rotatable bonds is 6. The second kappa shape index (κ2) is 5.98. The van der Waals surface area contributed by atoms with Gasteiger partial charge in [-0.15, -0.1) is 0 Å². The Balaban J connectivity index is 1.85. The van der Waals surface area contributed by atoms with Crippen molar-refractivity contribution >= 4 is 0 Å². The van der Waals surface area contributed by atoms with Crippen LogP contribution in [-0.2, 0) is 12.8 Å². The Labute approximate surface area is 128 Å². The van der Waals surface area contributed by atoms with Gasteiger partial charge >= 0.3 is 0 Å². The molecular formula is C18H28N2O. The van der Waals surface area contributed by atoms with E-state index in [1.165, 1.54) is 36.9 Å². The minimum Gasteiger partial charge on any atom is -0.497 e. The molecule has 0 saturated heterocycles. The molecule has 1 unspecified atom stereocenters.